The normalized spacial score (nSPS) is 22.4. The molecule has 6 nitrogen and oxygen atoms in total. The molecule has 25 heavy (non-hydrogen) atoms. The zero-order valence-electron chi connectivity index (χ0n) is 14.5. The lowest BCUT2D eigenvalue weighted by atomic mass is 10.2. The Kier molecular flexibility index (Phi) is 5.20. The molecular formula is C17H23NO5S2. The molecule has 0 bridgehead atoms. The van der Waals surface area contributed by atoms with Gasteiger partial charge in [-0.25, -0.2) is 13.2 Å². The standard InChI is InChI=1S/C17H23NO5S2/c1-3-18(13-7-8-25(21,22)10-13)16(19)11(2)23-17(20)15-9-12-5-4-6-14(12)24-15/h9,11,13H,3-8,10H2,1-2H3/t11-,13-/m0/s1. The van der Waals surface area contributed by atoms with Gasteiger partial charge in [-0.1, -0.05) is 0 Å². The van der Waals surface area contributed by atoms with Gasteiger partial charge >= 0.3 is 5.97 Å². The minimum atomic E-state index is -3.07. The predicted molar refractivity (Wildman–Crippen MR) is 95.7 cm³/mol. The Morgan fingerprint density at radius 3 is 2.76 bits per heavy atom. The Hall–Kier alpha value is -1.41. The van der Waals surface area contributed by atoms with E-state index in [1.165, 1.54) is 26.7 Å². The molecule has 138 valence electrons. The first-order valence-electron chi connectivity index (χ1n) is 8.64. The number of ether oxygens (including phenoxy) is 1. The van der Waals surface area contributed by atoms with Crippen LogP contribution in [-0.2, 0) is 32.2 Å². The molecular weight excluding hydrogens is 362 g/mol. The van der Waals surface area contributed by atoms with Crippen molar-refractivity contribution in [3.63, 3.8) is 0 Å². The Labute approximate surface area is 152 Å². The van der Waals surface area contributed by atoms with Crippen molar-refractivity contribution in [2.24, 2.45) is 0 Å². The monoisotopic (exact) mass is 385 g/mol. The Bertz CT molecular complexity index is 761. The van der Waals surface area contributed by atoms with Gasteiger partial charge in [0.2, 0.25) is 0 Å². The highest BCUT2D eigenvalue weighted by atomic mass is 32.2. The van der Waals surface area contributed by atoms with Gasteiger partial charge < -0.3 is 9.64 Å². The molecule has 1 aromatic rings. The van der Waals surface area contributed by atoms with Crippen molar-refractivity contribution in [1.29, 1.82) is 0 Å². The summed E-state index contributed by atoms with van der Waals surface area (Å²) in [4.78, 5) is 28.3. The second-order valence-electron chi connectivity index (χ2n) is 6.64. The van der Waals surface area contributed by atoms with Crippen LogP contribution in [0.3, 0.4) is 0 Å². The highest BCUT2D eigenvalue weighted by Gasteiger charge is 2.36. The lowest BCUT2D eigenvalue weighted by Gasteiger charge is -2.29. The highest BCUT2D eigenvalue weighted by Crippen LogP contribution is 2.31. The minimum Gasteiger partial charge on any atom is -0.448 e. The summed E-state index contributed by atoms with van der Waals surface area (Å²) >= 11 is 1.44. The summed E-state index contributed by atoms with van der Waals surface area (Å²) in [6, 6.07) is 1.54. The molecule has 0 saturated carbocycles. The zero-order valence-corrected chi connectivity index (χ0v) is 16.1. The maximum absolute atomic E-state index is 12.6. The fourth-order valence-electron chi connectivity index (χ4n) is 3.55. The fraction of sp³-hybridized carbons (Fsp3) is 0.647. The van der Waals surface area contributed by atoms with Crippen LogP contribution in [0, 0.1) is 0 Å². The number of fused-ring (bicyclic) bond motifs is 1. The topological polar surface area (TPSA) is 80.8 Å². The van der Waals surface area contributed by atoms with Gasteiger partial charge in [-0.15, -0.1) is 11.3 Å². The van der Waals surface area contributed by atoms with Gasteiger partial charge in [-0.05, 0) is 51.2 Å². The van der Waals surface area contributed by atoms with E-state index in [4.69, 9.17) is 4.74 Å². The zero-order chi connectivity index (χ0) is 18.2. The number of likely N-dealkylation sites (N-methyl/N-ethyl adjacent to an activating group) is 1. The molecule has 2 atom stereocenters. The number of thiophene rings is 1. The van der Waals surface area contributed by atoms with Crippen LogP contribution >= 0.6 is 11.3 Å². The van der Waals surface area contributed by atoms with E-state index in [1.54, 1.807) is 13.8 Å². The fourth-order valence-corrected chi connectivity index (χ4v) is 6.41. The molecule has 0 N–H and O–H groups in total. The number of nitrogens with zero attached hydrogens (tertiary/aromatic N) is 1. The van der Waals surface area contributed by atoms with Crippen LogP contribution in [-0.4, -0.2) is 55.4 Å². The van der Waals surface area contributed by atoms with E-state index in [0.717, 1.165) is 19.3 Å². The molecule has 0 unspecified atom stereocenters. The Morgan fingerprint density at radius 1 is 1.40 bits per heavy atom. The van der Waals surface area contributed by atoms with Crippen molar-refractivity contribution >= 4 is 33.1 Å². The van der Waals surface area contributed by atoms with Crippen molar-refractivity contribution in [1.82, 2.24) is 4.90 Å². The average molecular weight is 386 g/mol. The molecule has 0 aromatic carbocycles. The van der Waals surface area contributed by atoms with Gasteiger partial charge in [0.05, 0.1) is 11.5 Å². The lowest BCUT2D eigenvalue weighted by molar-refractivity contribution is -0.141. The maximum Gasteiger partial charge on any atom is 0.349 e. The number of hydrogen-bond acceptors (Lipinski definition) is 6. The summed E-state index contributed by atoms with van der Waals surface area (Å²) in [5, 5.41) is 0. The van der Waals surface area contributed by atoms with Crippen LogP contribution in [0.1, 0.15) is 46.8 Å². The van der Waals surface area contributed by atoms with Crippen LogP contribution in [0.2, 0.25) is 0 Å². The van der Waals surface area contributed by atoms with Crippen molar-refractivity contribution < 1.29 is 22.7 Å². The molecule has 1 aliphatic heterocycles. The maximum atomic E-state index is 12.6. The first-order valence-corrected chi connectivity index (χ1v) is 11.3. The summed E-state index contributed by atoms with van der Waals surface area (Å²) < 4.78 is 28.7. The highest BCUT2D eigenvalue weighted by molar-refractivity contribution is 7.91. The smallest absolute Gasteiger partial charge is 0.349 e. The number of esters is 1. The van der Waals surface area contributed by atoms with Crippen molar-refractivity contribution in [3.05, 3.63) is 21.4 Å². The van der Waals surface area contributed by atoms with E-state index in [9.17, 15) is 18.0 Å². The number of carbonyl (C=O) groups is 2. The summed E-state index contributed by atoms with van der Waals surface area (Å²) in [5.41, 5.74) is 1.21. The molecule has 0 spiro atoms. The van der Waals surface area contributed by atoms with Crippen LogP contribution in [0.5, 0.6) is 0 Å². The van der Waals surface area contributed by atoms with Crippen LogP contribution < -0.4 is 0 Å². The number of sulfone groups is 1. The quantitative estimate of drug-likeness (QED) is 0.722. The van der Waals surface area contributed by atoms with Gasteiger partial charge in [0, 0.05) is 17.5 Å². The van der Waals surface area contributed by atoms with Crippen LogP contribution in [0.4, 0.5) is 0 Å². The number of hydrogen-bond donors (Lipinski definition) is 0. The molecule has 2 aliphatic rings. The molecule has 1 amide bonds. The van der Waals surface area contributed by atoms with E-state index in [-0.39, 0.29) is 23.5 Å². The van der Waals surface area contributed by atoms with Gasteiger partial charge in [-0.3, -0.25) is 4.79 Å². The van der Waals surface area contributed by atoms with Crippen LogP contribution in [0.25, 0.3) is 0 Å². The molecule has 1 aliphatic carbocycles. The summed E-state index contributed by atoms with van der Waals surface area (Å²) in [7, 11) is -3.07. The van der Waals surface area contributed by atoms with E-state index in [1.807, 2.05) is 6.07 Å². The average Bonchev–Trinajstić information content (AvgIpc) is 3.22. The number of rotatable bonds is 5. The van der Waals surface area contributed by atoms with Crippen molar-refractivity contribution in [2.45, 2.75) is 51.7 Å². The molecule has 8 heteroatoms. The van der Waals surface area contributed by atoms with E-state index < -0.39 is 21.9 Å². The summed E-state index contributed by atoms with van der Waals surface area (Å²) in [6.45, 7) is 3.75. The number of aryl methyl sites for hydroxylation is 2. The first-order chi connectivity index (χ1) is 11.8. The van der Waals surface area contributed by atoms with Gasteiger partial charge in [-0.2, -0.15) is 0 Å². The van der Waals surface area contributed by atoms with Crippen molar-refractivity contribution in [2.75, 3.05) is 18.1 Å². The van der Waals surface area contributed by atoms with E-state index in [0.29, 0.717) is 17.8 Å². The molecule has 0 radical (unpaired) electrons. The Morgan fingerprint density at radius 2 is 2.16 bits per heavy atom. The van der Waals surface area contributed by atoms with Crippen molar-refractivity contribution in [3.8, 4) is 0 Å². The Balaban J connectivity index is 1.63. The molecule has 1 fully saturated rings. The second kappa shape index (κ2) is 7.07. The number of carbonyl (C=O) groups excluding carboxylic acids is 2. The lowest BCUT2D eigenvalue weighted by Crippen LogP contribution is -2.46. The SMILES string of the molecule is CCN(C(=O)[C@H](C)OC(=O)c1cc2c(s1)CCC2)[C@H]1CCS(=O)(=O)C1. The summed E-state index contributed by atoms with van der Waals surface area (Å²) in [5.74, 6) is -0.710. The number of amides is 1. The molecule has 2 heterocycles. The largest absolute Gasteiger partial charge is 0.448 e. The second-order valence-corrected chi connectivity index (χ2v) is 10.0. The predicted octanol–water partition coefficient (Wildman–Crippen LogP) is 1.82. The van der Waals surface area contributed by atoms with Crippen LogP contribution in [0.15, 0.2) is 6.07 Å². The minimum absolute atomic E-state index is 0.00904. The third kappa shape index (κ3) is 3.89. The molecule has 1 aromatic heterocycles. The van der Waals surface area contributed by atoms with Gasteiger partial charge in [0.25, 0.3) is 5.91 Å². The van der Waals surface area contributed by atoms with E-state index >= 15 is 0 Å². The van der Waals surface area contributed by atoms with Gasteiger partial charge in [0.15, 0.2) is 15.9 Å². The molecule has 3 rings (SSSR count). The third-order valence-electron chi connectivity index (χ3n) is 4.85. The van der Waals surface area contributed by atoms with E-state index in [2.05, 4.69) is 0 Å². The van der Waals surface area contributed by atoms with Gasteiger partial charge in [0.1, 0.15) is 4.88 Å². The first kappa shape index (κ1) is 18.4. The summed E-state index contributed by atoms with van der Waals surface area (Å²) in [6.07, 6.45) is 2.64. The molecule has 1 saturated heterocycles. The third-order valence-corrected chi connectivity index (χ3v) is 7.82.